The van der Waals surface area contributed by atoms with Crippen LogP contribution in [0, 0.1) is 4.77 Å². The lowest BCUT2D eigenvalue weighted by Crippen LogP contribution is -2.21. The molecule has 1 aromatic carbocycles. The Bertz CT molecular complexity index is 514. The Morgan fingerprint density at radius 2 is 1.86 bits per heavy atom. The molecule has 1 N–H and O–H groups in total. The molecule has 14 heavy (non-hydrogen) atoms. The van der Waals surface area contributed by atoms with Crippen LogP contribution in [-0.4, -0.2) is 9.55 Å². The van der Waals surface area contributed by atoms with E-state index in [0.717, 1.165) is 10.3 Å². The van der Waals surface area contributed by atoms with Gasteiger partial charge in [-0.1, -0.05) is 12.1 Å². The zero-order valence-corrected chi connectivity index (χ0v) is 9.48. The van der Waals surface area contributed by atoms with Gasteiger partial charge in [-0.2, -0.15) is 0 Å². The Kier molecular flexibility index (Phi) is 2.00. The van der Waals surface area contributed by atoms with Crippen LogP contribution in [0.15, 0.2) is 24.3 Å². The highest BCUT2D eigenvalue weighted by molar-refractivity contribution is 7.71. The number of fused-ring (bicyclic) bond motifs is 1. The average molecular weight is 206 g/mol. The lowest BCUT2D eigenvalue weighted by atomic mass is 10.1. The summed E-state index contributed by atoms with van der Waals surface area (Å²) in [4.78, 5) is 3.21. The maximum absolute atomic E-state index is 5.31. The molecule has 0 unspecified atom stereocenters. The third-order valence-corrected chi connectivity index (χ3v) is 2.55. The van der Waals surface area contributed by atoms with Crippen molar-refractivity contribution in [2.45, 2.75) is 26.3 Å². The van der Waals surface area contributed by atoms with Crippen molar-refractivity contribution in [2.24, 2.45) is 0 Å². The van der Waals surface area contributed by atoms with E-state index in [2.05, 4.69) is 36.4 Å². The molecule has 0 amide bonds. The highest BCUT2D eigenvalue weighted by Crippen LogP contribution is 2.22. The maximum Gasteiger partial charge on any atom is 0.178 e. The molecule has 0 radical (unpaired) electrons. The van der Waals surface area contributed by atoms with Crippen LogP contribution in [0.1, 0.15) is 20.8 Å². The fourth-order valence-electron chi connectivity index (χ4n) is 1.72. The minimum atomic E-state index is 0.0245. The van der Waals surface area contributed by atoms with Crippen LogP contribution in [-0.2, 0) is 5.54 Å². The Morgan fingerprint density at radius 3 is 2.50 bits per heavy atom. The number of aromatic amines is 1. The van der Waals surface area contributed by atoms with E-state index in [9.17, 15) is 0 Å². The summed E-state index contributed by atoms with van der Waals surface area (Å²) in [6.45, 7) is 6.47. The molecule has 0 aliphatic rings. The fraction of sp³-hybridized carbons (Fsp3) is 0.364. The summed E-state index contributed by atoms with van der Waals surface area (Å²) in [5.74, 6) is 0. The molecule has 74 valence electrons. The summed E-state index contributed by atoms with van der Waals surface area (Å²) in [5, 5.41) is 0. The number of nitrogens with zero attached hydrogens (tertiary/aromatic N) is 1. The molecule has 0 fully saturated rings. The number of imidazole rings is 1. The summed E-state index contributed by atoms with van der Waals surface area (Å²) in [6.07, 6.45) is 0. The molecule has 2 rings (SSSR count). The predicted molar refractivity (Wildman–Crippen MR) is 62.1 cm³/mol. The maximum atomic E-state index is 5.31. The summed E-state index contributed by atoms with van der Waals surface area (Å²) in [6, 6.07) is 8.19. The molecule has 2 nitrogen and oxygen atoms in total. The number of nitrogens with one attached hydrogen (secondary N) is 1. The number of benzene rings is 1. The molecule has 0 spiro atoms. The summed E-state index contributed by atoms with van der Waals surface area (Å²) in [7, 11) is 0. The summed E-state index contributed by atoms with van der Waals surface area (Å²) < 4.78 is 2.94. The van der Waals surface area contributed by atoms with E-state index in [1.54, 1.807) is 0 Å². The summed E-state index contributed by atoms with van der Waals surface area (Å²) in [5.41, 5.74) is 2.30. The van der Waals surface area contributed by atoms with Gasteiger partial charge in [0.1, 0.15) is 0 Å². The van der Waals surface area contributed by atoms with Crippen molar-refractivity contribution in [3.8, 4) is 0 Å². The van der Waals surface area contributed by atoms with Crippen molar-refractivity contribution in [3.63, 3.8) is 0 Å². The van der Waals surface area contributed by atoms with E-state index < -0.39 is 0 Å². The molecular formula is C11H14N2S. The molecular weight excluding hydrogens is 192 g/mol. The van der Waals surface area contributed by atoms with Crippen molar-refractivity contribution in [1.29, 1.82) is 0 Å². The lowest BCUT2D eigenvalue weighted by molar-refractivity contribution is 0.404. The van der Waals surface area contributed by atoms with Gasteiger partial charge in [0.2, 0.25) is 0 Å². The first kappa shape index (κ1) is 9.46. The van der Waals surface area contributed by atoms with Gasteiger partial charge in [-0.25, -0.2) is 0 Å². The van der Waals surface area contributed by atoms with Crippen LogP contribution >= 0.6 is 12.2 Å². The van der Waals surface area contributed by atoms with Crippen molar-refractivity contribution in [1.82, 2.24) is 9.55 Å². The van der Waals surface area contributed by atoms with Crippen molar-refractivity contribution < 1.29 is 0 Å². The van der Waals surface area contributed by atoms with Crippen LogP contribution < -0.4 is 0 Å². The number of hydrogen-bond acceptors (Lipinski definition) is 1. The molecule has 0 aliphatic carbocycles. The highest BCUT2D eigenvalue weighted by atomic mass is 32.1. The number of aromatic nitrogens is 2. The largest absolute Gasteiger partial charge is 0.331 e. The average Bonchev–Trinajstić information content (AvgIpc) is 2.38. The van der Waals surface area contributed by atoms with Crippen LogP contribution in [0.25, 0.3) is 11.0 Å². The lowest BCUT2D eigenvalue weighted by Gasteiger charge is -2.21. The van der Waals surface area contributed by atoms with Crippen molar-refractivity contribution in [2.75, 3.05) is 0 Å². The first-order chi connectivity index (χ1) is 6.50. The molecule has 3 heteroatoms. The number of para-hydroxylation sites is 2. The van der Waals surface area contributed by atoms with Crippen LogP contribution in [0.4, 0.5) is 0 Å². The third-order valence-electron chi connectivity index (χ3n) is 2.26. The van der Waals surface area contributed by atoms with E-state index in [0.29, 0.717) is 0 Å². The predicted octanol–water partition coefficient (Wildman–Crippen LogP) is 3.45. The topological polar surface area (TPSA) is 20.7 Å². The second kappa shape index (κ2) is 2.95. The van der Waals surface area contributed by atoms with Gasteiger partial charge in [-0.3, -0.25) is 0 Å². The van der Waals surface area contributed by atoms with E-state index in [1.807, 2.05) is 18.2 Å². The Hall–Kier alpha value is -1.09. The fourth-order valence-corrected chi connectivity index (χ4v) is 2.20. The molecule has 1 aromatic heterocycles. The smallest absolute Gasteiger partial charge is 0.178 e. The van der Waals surface area contributed by atoms with Gasteiger partial charge >= 0.3 is 0 Å². The van der Waals surface area contributed by atoms with Gasteiger partial charge < -0.3 is 9.55 Å². The zero-order chi connectivity index (χ0) is 10.3. The van der Waals surface area contributed by atoms with E-state index in [-0.39, 0.29) is 5.54 Å². The minimum absolute atomic E-state index is 0.0245. The Balaban J connectivity index is 2.88. The molecule has 2 aromatic rings. The molecule has 0 bridgehead atoms. The normalized spacial score (nSPS) is 12.2. The minimum Gasteiger partial charge on any atom is -0.331 e. The number of rotatable bonds is 0. The molecule has 0 atom stereocenters. The first-order valence-electron chi connectivity index (χ1n) is 4.70. The van der Waals surface area contributed by atoms with Gasteiger partial charge in [-0.15, -0.1) is 0 Å². The van der Waals surface area contributed by atoms with Crippen LogP contribution in [0.5, 0.6) is 0 Å². The third kappa shape index (κ3) is 1.38. The first-order valence-corrected chi connectivity index (χ1v) is 5.11. The van der Waals surface area contributed by atoms with Crippen LogP contribution in [0.3, 0.4) is 0 Å². The van der Waals surface area contributed by atoms with Gasteiger partial charge in [-0.05, 0) is 45.1 Å². The van der Waals surface area contributed by atoms with E-state index in [4.69, 9.17) is 12.2 Å². The van der Waals surface area contributed by atoms with Gasteiger partial charge in [0.25, 0.3) is 0 Å². The highest BCUT2D eigenvalue weighted by Gasteiger charge is 2.16. The molecule has 0 aliphatic heterocycles. The molecule has 0 saturated carbocycles. The monoisotopic (exact) mass is 206 g/mol. The van der Waals surface area contributed by atoms with Gasteiger partial charge in [0.05, 0.1) is 11.0 Å². The Labute approximate surface area is 88.6 Å². The quantitative estimate of drug-likeness (QED) is 0.655. The molecule has 0 saturated heterocycles. The molecule has 1 heterocycles. The second-order valence-corrected chi connectivity index (χ2v) is 4.84. The van der Waals surface area contributed by atoms with Gasteiger partial charge in [0.15, 0.2) is 4.77 Å². The number of hydrogen-bond donors (Lipinski definition) is 1. The van der Waals surface area contributed by atoms with E-state index in [1.165, 1.54) is 5.52 Å². The van der Waals surface area contributed by atoms with Crippen LogP contribution in [0.2, 0.25) is 0 Å². The number of H-pyrrole nitrogens is 1. The van der Waals surface area contributed by atoms with Crippen molar-refractivity contribution >= 4 is 23.3 Å². The van der Waals surface area contributed by atoms with Gasteiger partial charge in [0, 0.05) is 5.54 Å². The second-order valence-electron chi connectivity index (χ2n) is 4.45. The standard InChI is InChI=1S/C11H14N2S/c1-11(2,3)13-9-7-5-4-6-8(9)12-10(13)14/h4-7H,1-3H3,(H,12,14). The van der Waals surface area contributed by atoms with E-state index >= 15 is 0 Å². The summed E-state index contributed by atoms with van der Waals surface area (Å²) >= 11 is 5.31. The zero-order valence-electron chi connectivity index (χ0n) is 8.66. The Morgan fingerprint density at radius 1 is 1.21 bits per heavy atom. The van der Waals surface area contributed by atoms with Crippen molar-refractivity contribution in [3.05, 3.63) is 29.0 Å². The SMILES string of the molecule is CC(C)(C)n1c(=S)[nH]c2ccccc21.